The molecule has 0 saturated heterocycles. The minimum atomic E-state index is -0.483. The fraction of sp³-hybridized carbons (Fsp3) is 0.524. The molecule has 0 saturated carbocycles. The maximum atomic E-state index is 6.59. The Morgan fingerprint density at radius 2 is 1.64 bits per heavy atom. The van der Waals surface area contributed by atoms with E-state index < -0.39 is 5.54 Å². The molecule has 1 aromatic heterocycles. The molecule has 136 valence electrons. The highest BCUT2D eigenvalue weighted by molar-refractivity contribution is 5.46. The third kappa shape index (κ3) is 4.37. The zero-order valence-electron chi connectivity index (χ0n) is 16.7. The summed E-state index contributed by atoms with van der Waals surface area (Å²) in [6, 6.07) is 4.25. The molecule has 2 rings (SSSR count). The SMILES string of the molecule is CCCCC(C)(N)c1nc(C)nc(Oc2c(C)cc(C)cc2C)c1C. The van der Waals surface area contributed by atoms with Gasteiger partial charge in [-0.05, 0) is 59.1 Å². The largest absolute Gasteiger partial charge is 0.438 e. The predicted octanol–water partition coefficient (Wildman–Crippen LogP) is 5.18. The van der Waals surface area contributed by atoms with Crippen LogP contribution in [0.2, 0.25) is 0 Å². The van der Waals surface area contributed by atoms with Crippen LogP contribution >= 0.6 is 0 Å². The lowest BCUT2D eigenvalue weighted by molar-refractivity contribution is 0.403. The van der Waals surface area contributed by atoms with Gasteiger partial charge >= 0.3 is 0 Å². The van der Waals surface area contributed by atoms with Crippen LogP contribution in [0.1, 0.15) is 66.9 Å². The minimum Gasteiger partial charge on any atom is -0.438 e. The molecule has 1 aromatic carbocycles. The van der Waals surface area contributed by atoms with E-state index in [1.54, 1.807) is 0 Å². The van der Waals surface area contributed by atoms with Crippen LogP contribution in [0.15, 0.2) is 12.1 Å². The average Bonchev–Trinajstić information content (AvgIpc) is 2.51. The fourth-order valence-corrected chi connectivity index (χ4v) is 3.35. The highest BCUT2D eigenvalue weighted by Gasteiger charge is 2.27. The molecule has 0 amide bonds. The number of aromatic nitrogens is 2. The first-order valence-corrected chi connectivity index (χ1v) is 9.06. The van der Waals surface area contributed by atoms with Crippen molar-refractivity contribution in [2.45, 2.75) is 73.3 Å². The average molecular weight is 341 g/mol. The highest BCUT2D eigenvalue weighted by Crippen LogP contribution is 2.34. The van der Waals surface area contributed by atoms with Gasteiger partial charge in [0.05, 0.1) is 11.2 Å². The van der Waals surface area contributed by atoms with Crippen molar-refractivity contribution < 1.29 is 4.74 Å². The molecule has 4 nitrogen and oxygen atoms in total. The van der Waals surface area contributed by atoms with E-state index in [-0.39, 0.29) is 0 Å². The van der Waals surface area contributed by atoms with Gasteiger partial charge in [-0.3, -0.25) is 0 Å². The van der Waals surface area contributed by atoms with Crippen molar-refractivity contribution in [3.8, 4) is 11.6 Å². The lowest BCUT2D eigenvalue weighted by Gasteiger charge is -2.27. The van der Waals surface area contributed by atoms with Crippen molar-refractivity contribution in [1.29, 1.82) is 0 Å². The lowest BCUT2D eigenvalue weighted by Crippen LogP contribution is -2.35. The van der Waals surface area contributed by atoms with E-state index in [2.05, 4.69) is 49.8 Å². The molecule has 2 N–H and O–H groups in total. The number of benzene rings is 1. The van der Waals surface area contributed by atoms with Crippen LogP contribution in [-0.4, -0.2) is 9.97 Å². The van der Waals surface area contributed by atoms with Gasteiger partial charge in [-0.1, -0.05) is 37.5 Å². The maximum Gasteiger partial charge on any atom is 0.225 e. The van der Waals surface area contributed by atoms with Gasteiger partial charge in [-0.2, -0.15) is 4.98 Å². The van der Waals surface area contributed by atoms with E-state index in [1.807, 2.05) is 20.8 Å². The van der Waals surface area contributed by atoms with E-state index in [0.717, 1.165) is 47.4 Å². The molecule has 0 aliphatic heterocycles. The monoisotopic (exact) mass is 341 g/mol. The Balaban J connectivity index is 2.47. The standard InChI is InChI=1S/C21H31N3O/c1-8-9-10-21(7,22)19-16(5)20(24-17(6)23-19)25-18-14(3)11-13(2)12-15(18)4/h11-12H,8-10,22H2,1-7H3. The molecule has 4 heteroatoms. The van der Waals surface area contributed by atoms with Crippen molar-refractivity contribution in [3.05, 3.63) is 45.9 Å². The summed E-state index contributed by atoms with van der Waals surface area (Å²) < 4.78 is 6.24. The number of nitrogens with zero attached hydrogens (tertiary/aromatic N) is 2. The van der Waals surface area contributed by atoms with Crippen molar-refractivity contribution in [2.75, 3.05) is 0 Å². The van der Waals surface area contributed by atoms with Crippen molar-refractivity contribution in [2.24, 2.45) is 5.73 Å². The summed E-state index contributed by atoms with van der Waals surface area (Å²) in [4.78, 5) is 9.18. The molecule has 0 aliphatic carbocycles. The number of hydrogen-bond donors (Lipinski definition) is 1. The third-order valence-corrected chi connectivity index (χ3v) is 4.61. The van der Waals surface area contributed by atoms with Gasteiger partial charge in [0.2, 0.25) is 5.88 Å². The van der Waals surface area contributed by atoms with Crippen LogP contribution in [-0.2, 0) is 5.54 Å². The second-order valence-corrected chi connectivity index (χ2v) is 7.40. The molecule has 0 bridgehead atoms. The maximum absolute atomic E-state index is 6.59. The van der Waals surface area contributed by atoms with Crippen molar-refractivity contribution in [1.82, 2.24) is 9.97 Å². The van der Waals surface area contributed by atoms with Gasteiger partial charge in [0.25, 0.3) is 0 Å². The number of ether oxygens (including phenoxy) is 1. The normalized spacial score (nSPS) is 13.6. The molecule has 0 fully saturated rings. The quantitative estimate of drug-likeness (QED) is 0.787. The fourth-order valence-electron chi connectivity index (χ4n) is 3.35. The Kier molecular flexibility index (Phi) is 5.83. The number of unbranched alkanes of at least 4 members (excludes halogenated alkanes) is 1. The van der Waals surface area contributed by atoms with Crippen molar-refractivity contribution in [3.63, 3.8) is 0 Å². The summed E-state index contributed by atoms with van der Waals surface area (Å²) in [6.45, 7) is 14.3. The molecule has 1 heterocycles. The summed E-state index contributed by atoms with van der Waals surface area (Å²) in [7, 11) is 0. The van der Waals surface area contributed by atoms with E-state index in [4.69, 9.17) is 10.5 Å². The van der Waals surface area contributed by atoms with Gasteiger partial charge in [0, 0.05) is 5.56 Å². The first-order chi connectivity index (χ1) is 11.7. The zero-order valence-corrected chi connectivity index (χ0v) is 16.7. The molecule has 25 heavy (non-hydrogen) atoms. The number of aryl methyl sites for hydroxylation is 4. The first-order valence-electron chi connectivity index (χ1n) is 9.06. The molecule has 0 spiro atoms. The number of hydrogen-bond acceptors (Lipinski definition) is 4. The van der Waals surface area contributed by atoms with Crippen LogP contribution in [0.5, 0.6) is 11.6 Å². The van der Waals surface area contributed by atoms with Crippen LogP contribution in [0.3, 0.4) is 0 Å². The van der Waals surface area contributed by atoms with Crippen LogP contribution in [0.4, 0.5) is 0 Å². The second-order valence-electron chi connectivity index (χ2n) is 7.40. The summed E-state index contributed by atoms with van der Waals surface area (Å²) in [5, 5.41) is 0. The van der Waals surface area contributed by atoms with Gasteiger partial charge < -0.3 is 10.5 Å². The van der Waals surface area contributed by atoms with E-state index in [0.29, 0.717) is 11.7 Å². The second kappa shape index (κ2) is 7.52. The first kappa shape index (κ1) is 19.4. The minimum absolute atomic E-state index is 0.483. The van der Waals surface area contributed by atoms with E-state index in [9.17, 15) is 0 Å². The molecule has 2 aromatic rings. The summed E-state index contributed by atoms with van der Waals surface area (Å²) in [5.74, 6) is 2.15. The molecular formula is C21H31N3O. The predicted molar refractivity (Wildman–Crippen MR) is 103 cm³/mol. The lowest BCUT2D eigenvalue weighted by atomic mass is 9.89. The highest BCUT2D eigenvalue weighted by atomic mass is 16.5. The number of nitrogens with two attached hydrogens (primary N) is 1. The Labute approximate surface area is 151 Å². The molecule has 0 radical (unpaired) electrons. The van der Waals surface area contributed by atoms with Gasteiger partial charge in [-0.15, -0.1) is 0 Å². The molecular weight excluding hydrogens is 310 g/mol. The van der Waals surface area contributed by atoms with Crippen LogP contribution in [0, 0.1) is 34.6 Å². The third-order valence-electron chi connectivity index (χ3n) is 4.61. The van der Waals surface area contributed by atoms with Gasteiger partial charge in [-0.25, -0.2) is 4.98 Å². The van der Waals surface area contributed by atoms with Gasteiger partial charge in [0.15, 0.2) is 0 Å². The zero-order chi connectivity index (χ0) is 18.8. The molecule has 1 unspecified atom stereocenters. The van der Waals surface area contributed by atoms with E-state index >= 15 is 0 Å². The Morgan fingerprint density at radius 1 is 1.04 bits per heavy atom. The van der Waals surface area contributed by atoms with Crippen LogP contribution in [0.25, 0.3) is 0 Å². The molecule has 1 atom stereocenters. The Bertz CT molecular complexity index is 743. The van der Waals surface area contributed by atoms with Crippen LogP contribution < -0.4 is 10.5 Å². The molecule has 0 aliphatic rings. The van der Waals surface area contributed by atoms with E-state index in [1.165, 1.54) is 5.56 Å². The number of rotatable bonds is 6. The summed E-state index contributed by atoms with van der Waals surface area (Å²) >= 11 is 0. The smallest absolute Gasteiger partial charge is 0.225 e. The van der Waals surface area contributed by atoms with Crippen molar-refractivity contribution >= 4 is 0 Å². The summed E-state index contributed by atoms with van der Waals surface area (Å²) in [5.41, 5.74) is 11.4. The summed E-state index contributed by atoms with van der Waals surface area (Å²) in [6.07, 6.45) is 3.08. The van der Waals surface area contributed by atoms with Gasteiger partial charge in [0.1, 0.15) is 11.6 Å². The Morgan fingerprint density at radius 3 is 2.20 bits per heavy atom. The topological polar surface area (TPSA) is 61.0 Å². The Hall–Kier alpha value is -1.94.